The maximum absolute atomic E-state index is 13.3. The van der Waals surface area contributed by atoms with Crippen molar-refractivity contribution in [3.63, 3.8) is 0 Å². The topological polar surface area (TPSA) is 68.5 Å². The van der Waals surface area contributed by atoms with Crippen molar-refractivity contribution in [2.45, 2.75) is 39.8 Å². The molecule has 1 atom stereocenters. The molecule has 8 heteroatoms. The Balaban J connectivity index is 1.70. The van der Waals surface area contributed by atoms with Gasteiger partial charge in [0.1, 0.15) is 12.4 Å². The number of halogens is 2. The maximum Gasteiger partial charge on any atom is 0.314 e. The molecule has 4 rings (SSSR count). The normalized spacial score (nSPS) is 16.6. The van der Waals surface area contributed by atoms with E-state index in [-0.39, 0.29) is 24.4 Å². The Labute approximate surface area is 178 Å². The molecule has 0 fully saturated rings. The van der Waals surface area contributed by atoms with Crippen LogP contribution >= 0.6 is 0 Å². The van der Waals surface area contributed by atoms with Gasteiger partial charge in [0.05, 0.1) is 12.6 Å². The first-order chi connectivity index (χ1) is 14.7. The molecule has 1 amide bonds. The van der Waals surface area contributed by atoms with E-state index in [1.54, 1.807) is 18.2 Å². The third-order valence-corrected chi connectivity index (χ3v) is 5.14. The van der Waals surface area contributed by atoms with Gasteiger partial charge in [0.25, 0.3) is 5.89 Å². The quantitative estimate of drug-likeness (QED) is 0.576. The lowest BCUT2D eigenvalue weighted by atomic mass is 9.92. The summed E-state index contributed by atoms with van der Waals surface area (Å²) < 4.78 is 36.7. The van der Waals surface area contributed by atoms with E-state index in [1.807, 2.05) is 56.0 Å². The zero-order valence-corrected chi connectivity index (χ0v) is 17.5. The number of amides is 1. The fourth-order valence-corrected chi connectivity index (χ4v) is 3.54. The van der Waals surface area contributed by atoms with E-state index in [1.165, 1.54) is 0 Å². The molecule has 0 spiro atoms. The van der Waals surface area contributed by atoms with E-state index >= 15 is 0 Å². The van der Waals surface area contributed by atoms with Gasteiger partial charge in [-0.1, -0.05) is 57.2 Å². The minimum Gasteiger partial charge on any atom is -0.491 e. The molecule has 1 aromatic heterocycles. The first-order valence-electron chi connectivity index (χ1n) is 9.97. The van der Waals surface area contributed by atoms with Gasteiger partial charge in [0.2, 0.25) is 11.8 Å². The zero-order chi connectivity index (χ0) is 22.2. The summed E-state index contributed by atoms with van der Waals surface area (Å²) in [4.78, 5) is 15.1. The van der Waals surface area contributed by atoms with E-state index in [0.717, 1.165) is 11.1 Å². The molecular weight excluding hydrogens is 404 g/mol. The van der Waals surface area contributed by atoms with E-state index in [9.17, 15) is 13.6 Å². The van der Waals surface area contributed by atoms with Crippen molar-refractivity contribution in [2.75, 3.05) is 6.61 Å². The van der Waals surface area contributed by atoms with Gasteiger partial charge in [-0.05, 0) is 17.7 Å². The van der Waals surface area contributed by atoms with Crippen molar-refractivity contribution >= 4 is 5.91 Å². The van der Waals surface area contributed by atoms with Crippen LogP contribution in [0, 0.1) is 5.41 Å². The highest BCUT2D eigenvalue weighted by Crippen LogP contribution is 2.36. The summed E-state index contributed by atoms with van der Waals surface area (Å²) in [6.07, 6.45) is -2.83. The number of alkyl halides is 2. The highest BCUT2D eigenvalue weighted by atomic mass is 19.3. The second kappa shape index (κ2) is 8.09. The van der Waals surface area contributed by atoms with Gasteiger partial charge in [-0.3, -0.25) is 4.79 Å². The number of hydrogen-bond donors (Lipinski definition) is 0. The third-order valence-electron chi connectivity index (χ3n) is 5.14. The Bertz CT molecular complexity index is 1080. The second-order valence-electron chi connectivity index (χ2n) is 8.49. The first kappa shape index (κ1) is 21.0. The van der Waals surface area contributed by atoms with E-state index < -0.39 is 17.7 Å². The minimum atomic E-state index is -2.83. The molecule has 3 aromatic rings. The molecule has 6 nitrogen and oxygen atoms in total. The Hall–Kier alpha value is -3.29. The number of aromatic nitrogens is 2. The van der Waals surface area contributed by atoms with E-state index in [0.29, 0.717) is 17.9 Å². The Morgan fingerprint density at radius 1 is 1.13 bits per heavy atom. The van der Waals surface area contributed by atoms with Gasteiger partial charge < -0.3 is 14.1 Å². The molecule has 1 aliphatic rings. The predicted octanol–water partition coefficient (Wildman–Crippen LogP) is 5.18. The van der Waals surface area contributed by atoms with E-state index in [4.69, 9.17) is 9.15 Å². The monoisotopic (exact) mass is 427 g/mol. The van der Waals surface area contributed by atoms with Gasteiger partial charge in [-0.25, -0.2) is 0 Å². The van der Waals surface area contributed by atoms with Crippen molar-refractivity contribution in [3.8, 4) is 17.2 Å². The average molecular weight is 427 g/mol. The number of benzene rings is 2. The smallest absolute Gasteiger partial charge is 0.314 e. The molecule has 0 aliphatic carbocycles. The summed E-state index contributed by atoms with van der Waals surface area (Å²) in [6, 6.07) is 14.7. The zero-order valence-electron chi connectivity index (χ0n) is 17.5. The number of hydrogen-bond acceptors (Lipinski definition) is 5. The molecule has 1 unspecified atom stereocenters. The fourth-order valence-electron chi connectivity index (χ4n) is 3.54. The standard InChI is InChI=1S/C23H23F2N3O3/c1-23(2,3)22(29)28-12-16-10-9-15(20-26-27-21(31-20)19(24)25)11-18(16)30-13-17(28)14-7-5-4-6-8-14/h4-11,17,19H,12-13H2,1-3H3. The van der Waals surface area contributed by atoms with Gasteiger partial charge in [0.15, 0.2) is 0 Å². The van der Waals surface area contributed by atoms with Crippen LogP contribution in [0.1, 0.15) is 50.3 Å². The Morgan fingerprint density at radius 3 is 2.52 bits per heavy atom. The van der Waals surface area contributed by atoms with Crippen molar-refractivity contribution in [1.29, 1.82) is 0 Å². The Morgan fingerprint density at radius 2 is 1.87 bits per heavy atom. The molecule has 0 bridgehead atoms. The molecule has 0 radical (unpaired) electrons. The lowest BCUT2D eigenvalue weighted by Gasteiger charge is -2.34. The van der Waals surface area contributed by atoms with Crippen LogP contribution in [0.2, 0.25) is 0 Å². The highest BCUT2D eigenvalue weighted by Gasteiger charge is 2.35. The van der Waals surface area contributed by atoms with Crippen LogP contribution in [0.15, 0.2) is 52.9 Å². The molecule has 2 aromatic carbocycles. The highest BCUT2D eigenvalue weighted by molar-refractivity contribution is 5.82. The third kappa shape index (κ3) is 4.28. The molecule has 0 saturated carbocycles. The maximum atomic E-state index is 13.3. The minimum absolute atomic E-state index is 0.00631. The summed E-state index contributed by atoms with van der Waals surface area (Å²) >= 11 is 0. The largest absolute Gasteiger partial charge is 0.491 e. The summed E-state index contributed by atoms with van der Waals surface area (Å²) in [5.74, 6) is -0.162. The summed E-state index contributed by atoms with van der Waals surface area (Å²) in [5.41, 5.74) is 1.71. The SMILES string of the molecule is CC(C)(C)C(=O)N1Cc2ccc(-c3nnc(C(F)F)o3)cc2OCC1c1ccccc1. The number of carbonyl (C=O) groups is 1. The first-order valence-corrected chi connectivity index (χ1v) is 9.97. The summed E-state index contributed by atoms with van der Waals surface area (Å²) in [5, 5.41) is 7.08. The van der Waals surface area contributed by atoms with Crippen LogP contribution in [0.4, 0.5) is 8.78 Å². The summed E-state index contributed by atoms with van der Waals surface area (Å²) in [6.45, 7) is 6.29. The molecular formula is C23H23F2N3O3. The number of carbonyl (C=O) groups excluding carboxylic acids is 1. The molecule has 2 heterocycles. The number of nitrogens with zero attached hydrogens (tertiary/aromatic N) is 3. The lowest BCUT2D eigenvalue weighted by molar-refractivity contribution is -0.143. The molecule has 0 N–H and O–H groups in total. The van der Waals surface area contributed by atoms with Crippen molar-refractivity contribution in [3.05, 3.63) is 65.5 Å². The number of rotatable bonds is 3. The second-order valence-corrected chi connectivity index (χ2v) is 8.49. The van der Waals surface area contributed by atoms with Crippen molar-refractivity contribution < 1.29 is 22.7 Å². The van der Waals surface area contributed by atoms with Gasteiger partial charge in [0, 0.05) is 16.5 Å². The van der Waals surface area contributed by atoms with Crippen molar-refractivity contribution in [2.24, 2.45) is 5.41 Å². The molecule has 1 aliphatic heterocycles. The van der Waals surface area contributed by atoms with Crippen LogP contribution in [0.5, 0.6) is 5.75 Å². The predicted molar refractivity (Wildman–Crippen MR) is 109 cm³/mol. The van der Waals surface area contributed by atoms with Crippen LogP contribution in [0.3, 0.4) is 0 Å². The van der Waals surface area contributed by atoms with Gasteiger partial charge >= 0.3 is 6.43 Å². The van der Waals surface area contributed by atoms with E-state index in [2.05, 4.69) is 10.2 Å². The average Bonchev–Trinajstić information content (AvgIpc) is 3.16. The molecule has 31 heavy (non-hydrogen) atoms. The van der Waals surface area contributed by atoms with Crippen LogP contribution in [0.25, 0.3) is 11.5 Å². The Kier molecular flexibility index (Phi) is 5.47. The molecule has 0 saturated heterocycles. The number of ether oxygens (including phenoxy) is 1. The van der Waals surface area contributed by atoms with Gasteiger partial charge in [-0.15, -0.1) is 10.2 Å². The van der Waals surface area contributed by atoms with Crippen molar-refractivity contribution in [1.82, 2.24) is 15.1 Å². The fraction of sp³-hybridized carbons (Fsp3) is 0.348. The lowest BCUT2D eigenvalue weighted by Crippen LogP contribution is -2.42. The summed E-state index contributed by atoms with van der Waals surface area (Å²) in [7, 11) is 0. The number of fused-ring (bicyclic) bond motifs is 1. The van der Waals surface area contributed by atoms with Crippen LogP contribution in [-0.4, -0.2) is 27.6 Å². The van der Waals surface area contributed by atoms with Crippen LogP contribution < -0.4 is 4.74 Å². The van der Waals surface area contributed by atoms with Crippen LogP contribution in [-0.2, 0) is 11.3 Å². The molecule has 162 valence electrons. The van der Waals surface area contributed by atoms with Gasteiger partial charge in [-0.2, -0.15) is 8.78 Å².